The van der Waals surface area contributed by atoms with Gasteiger partial charge in [0, 0.05) is 11.6 Å². The van der Waals surface area contributed by atoms with E-state index in [4.69, 9.17) is 0 Å². The number of hydrogen-bond donors (Lipinski definition) is 0. The number of nitro benzene ring substituents is 1. The predicted molar refractivity (Wildman–Crippen MR) is 62.7 cm³/mol. The van der Waals surface area contributed by atoms with E-state index in [1.54, 1.807) is 17.0 Å². The van der Waals surface area contributed by atoms with Crippen LogP contribution in [0.5, 0.6) is 0 Å². The summed E-state index contributed by atoms with van der Waals surface area (Å²) in [6.45, 7) is 6.07. The fourth-order valence-corrected chi connectivity index (χ4v) is 2.03. The van der Waals surface area contributed by atoms with Gasteiger partial charge in [0.2, 0.25) is 0 Å². The third-order valence-corrected chi connectivity index (χ3v) is 2.95. The van der Waals surface area contributed by atoms with Gasteiger partial charge in [-0.05, 0) is 26.8 Å². The van der Waals surface area contributed by atoms with Crippen LogP contribution in [0.25, 0.3) is 0 Å². The van der Waals surface area contributed by atoms with Gasteiger partial charge in [0.1, 0.15) is 0 Å². The van der Waals surface area contributed by atoms with Crippen molar-refractivity contribution in [1.82, 2.24) is 4.90 Å². The van der Waals surface area contributed by atoms with Crippen molar-refractivity contribution in [2.45, 2.75) is 32.9 Å². The maximum absolute atomic E-state index is 12.1. The van der Waals surface area contributed by atoms with Crippen molar-refractivity contribution in [3.63, 3.8) is 0 Å². The lowest BCUT2D eigenvalue weighted by molar-refractivity contribution is -0.385. The molecule has 1 aromatic rings. The fourth-order valence-electron chi connectivity index (χ4n) is 2.03. The van der Waals surface area contributed by atoms with Crippen molar-refractivity contribution in [3.8, 4) is 0 Å². The van der Waals surface area contributed by atoms with Gasteiger partial charge < -0.3 is 4.90 Å². The second-order valence-corrected chi connectivity index (χ2v) is 5.12. The van der Waals surface area contributed by atoms with Crippen LogP contribution >= 0.6 is 0 Å². The SMILES string of the molecule is CC(C)(C)N1Cc2c(cccc2[N+](=O)[O-])C1=O. The molecule has 1 heterocycles. The van der Waals surface area contributed by atoms with E-state index in [1.807, 2.05) is 20.8 Å². The van der Waals surface area contributed by atoms with Crippen molar-refractivity contribution >= 4 is 11.6 Å². The quantitative estimate of drug-likeness (QED) is 0.553. The van der Waals surface area contributed by atoms with E-state index in [1.165, 1.54) is 6.07 Å². The topological polar surface area (TPSA) is 63.4 Å². The van der Waals surface area contributed by atoms with E-state index in [0.717, 1.165) is 0 Å². The molecule has 1 aliphatic rings. The summed E-state index contributed by atoms with van der Waals surface area (Å²) >= 11 is 0. The lowest BCUT2D eigenvalue weighted by Gasteiger charge is -2.31. The molecule has 0 spiro atoms. The minimum atomic E-state index is -0.432. The van der Waals surface area contributed by atoms with Gasteiger partial charge in [0.15, 0.2) is 0 Å². The Bertz CT molecular complexity index is 503. The summed E-state index contributed by atoms with van der Waals surface area (Å²) in [5.41, 5.74) is 0.679. The van der Waals surface area contributed by atoms with Crippen molar-refractivity contribution < 1.29 is 9.72 Å². The lowest BCUT2D eigenvalue weighted by atomic mass is 10.1. The van der Waals surface area contributed by atoms with Gasteiger partial charge >= 0.3 is 0 Å². The predicted octanol–water partition coefficient (Wildman–Crippen LogP) is 2.35. The van der Waals surface area contributed by atoms with E-state index in [-0.39, 0.29) is 17.1 Å². The minimum Gasteiger partial charge on any atom is -0.329 e. The number of carbonyl (C=O) groups is 1. The van der Waals surface area contributed by atoms with Crippen molar-refractivity contribution in [3.05, 3.63) is 39.4 Å². The zero-order chi connectivity index (χ0) is 12.8. The van der Waals surface area contributed by atoms with E-state index >= 15 is 0 Å². The first kappa shape index (κ1) is 11.6. The third kappa shape index (κ3) is 1.77. The molecule has 0 N–H and O–H groups in total. The number of benzene rings is 1. The Labute approximate surface area is 99.2 Å². The standard InChI is InChI=1S/C12H14N2O3/c1-12(2,3)13-7-9-8(11(13)15)5-4-6-10(9)14(16)17/h4-6H,7H2,1-3H3. The van der Waals surface area contributed by atoms with Crippen LogP contribution in [0.2, 0.25) is 0 Å². The number of fused-ring (bicyclic) bond motifs is 1. The molecule has 0 unspecified atom stereocenters. The molecule has 0 saturated heterocycles. The van der Waals surface area contributed by atoms with Gasteiger partial charge in [-0.3, -0.25) is 14.9 Å². The Kier molecular flexibility index (Phi) is 2.41. The third-order valence-electron chi connectivity index (χ3n) is 2.95. The average molecular weight is 234 g/mol. The molecule has 0 aromatic heterocycles. The number of nitrogens with zero attached hydrogens (tertiary/aromatic N) is 2. The average Bonchev–Trinajstić information content (AvgIpc) is 2.55. The number of nitro groups is 1. The number of carbonyl (C=O) groups excluding carboxylic acids is 1. The molecule has 2 rings (SSSR count). The number of amides is 1. The van der Waals surface area contributed by atoms with Gasteiger partial charge in [0.25, 0.3) is 11.6 Å². The van der Waals surface area contributed by atoms with Crippen LogP contribution in [-0.4, -0.2) is 21.3 Å². The summed E-state index contributed by atoms with van der Waals surface area (Å²) in [4.78, 5) is 24.2. The maximum Gasteiger partial charge on any atom is 0.275 e. The zero-order valence-electron chi connectivity index (χ0n) is 10.1. The minimum absolute atomic E-state index is 0.0302. The molecular weight excluding hydrogens is 220 g/mol. The lowest BCUT2D eigenvalue weighted by Crippen LogP contribution is -2.41. The Morgan fingerprint density at radius 3 is 2.53 bits per heavy atom. The zero-order valence-corrected chi connectivity index (χ0v) is 10.1. The van der Waals surface area contributed by atoms with E-state index in [0.29, 0.717) is 17.7 Å². The summed E-state index contributed by atoms with van der Waals surface area (Å²) in [5, 5.41) is 10.9. The van der Waals surface area contributed by atoms with Crippen LogP contribution < -0.4 is 0 Å². The van der Waals surface area contributed by atoms with Crippen LogP contribution in [0, 0.1) is 10.1 Å². The highest BCUT2D eigenvalue weighted by Crippen LogP contribution is 2.34. The summed E-state index contributed by atoms with van der Waals surface area (Å²) < 4.78 is 0. The fraction of sp³-hybridized carbons (Fsp3) is 0.417. The van der Waals surface area contributed by atoms with Crippen molar-refractivity contribution in [2.75, 3.05) is 0 Å². The Balaban J connectivity index is 2.52. The van der Waals surface area contributed by atoms with Gasteiger partial charge in [-0.1, -0.05) is 6.07 Å². The first-order chi connectivity index (χ1) is 7.82. The van der Waals surface area contributed by atoms with Gasteiger partial charge in [0.05, 0.1) is 22.6 Å². The number of hydrogen-bond acceptors (Lipinski definition) is 3. The molecular formula is C12H14N2O3. The number of rotatable bonds is 1. The highest BCUT2D eigenvalue weighted by molar-refractivity contribution is 5.99. The molecule has 5 nitrogen and oxygen atoms in total. The van der Waals surface area contributed by atoms with Gasteiger partial charge in [-0.25, -0.2) is 0 Å². The molecule has 0 aliphatic carbocycles. The van der Waals surface area contributed by atoms with Crippen molar-refractivity contribution in [1.29, 1.82) is 0 Å². The summed E-state index contributed by atoms with van der Waals surface area (Å²) in [5.74, 6) is -0.129. The van der Waals surface area contributed by atoms with Crippen molar-refractivity contribution in [2.24, 2.45) is 0 Å². The normalized spacial score (nSPS) is 15.0. The monoisotopic (exact) mass is 234 g/mol. The largest absolute Gasteiger partial charge is 0.329 e. The highest BCUT2D eigenvalue weighted by Gasteiger charge is 2.38. The van der Waals surface area contributed by atoms with Crippen LogP contribution in [0.1, 0.15) is 36.7 Å². The summed E-state index contributed by atoms with van der Waals surface area (Å²) in [6.07, 6.45) is 0. The van der Waals surface area contributed by atoms with Crippen LogP contribution in [0.4, 0.5) is 5.69 Å². The molecule has 0 radical (unpaired) electrons. The molecule has 5 heteroatoms. The Morgan fingerprint density at radius 1 is 1.35 bits per heavy atom. The summed E-state index contributed by atoms with van der Waals surface area (Å²) in [7, 11) is 0. The first-order valence-corrected chi connectivity index (χ1v) is 5.40. The molecule has 1 aliphatic heterocycles. The van der Waals surface area contributed by atoms with E-state index < -0.39 is 4.92 Å². The van der Waals surface area contributed by atoms with Crippen LogP contribution in [0.15, 0.2) is 18.2 Å². The Morgan fingerprint density at radius 2 is 2.00 bits per heavy atom. The molecule has 17 heavy (non-hydrogen) atoms. The molecule has 0 fully saturated rings. The molecule has 1 amide bonds. The van der Waals surface area contributed by atoms with Crippen LogP contribution in [-0.2, 0) is 6.54 Å². The Hall–Kier alpha value is -1.91. The first-order valence-electron chi connectivity index (χ1n) is 5.40. The molecule has 1 aromatic carbocycles. The smallest absolute Gasteiger partial charge is 0.275 e. The molecule has 0 bridgehead atoms. The van der Waals surface area contributed by atoms with Crippen LogP contribution in [0.3, 0.4) is 0 Å². The van der Waals surface area contributed by atoms with E-state index in [2.05, 4.69) is 0 Å². The highest BCUT2D eigenvalue weighted by atomic mass is 16.6. The second kappa shape index (κ2) is 3.55. The second-order valence-electron chi connectivity index (χ2n) is 5.12. The maximum atomic E-state index is 12.1. The van der Waals surface area contributed by atoms with Gasteiger partial charge in [-0.15, -0.1) is 0 Å². The molecule has 0 saturated carbocycles. The van der Waals surface area contributed by atoms with Gasteiger partial charge in [-0.2, -0.15) is 0 Å². The molecule has 0 atom stereocenters. The summed E-state index contributed by atoms with van der Waals surface area (Å²) in [6, 6.07) is 4.65. The van der Waals surface area contributed by atoms with E-state index in [9.17, 15) is 14.9 Å². The molecule has 90 valence electrons.